The van der Waals surface area contributed by atoms with Gasteiger partial charge in [0.25, 0.3) is 5.69 Å². The third kappa shape index (κ3) is 4.17. The van der Waals surface area contributed by atoms with Crippen LogP contribution in [0.5, 0.6) is 0 Å². The van der Waals surface area contributed by atoms with Crippen molar-refractivity contribution in [2.24, 2.45) is 5.10 Å². The standard InChI is InChI=1S/C19H19N5O2S/c1-19(2,3)15-8-6-14(7-9-15)17-21-22-18(27)23(17)20-12-13-4-10-16(11-5-13)24(25)26/h4-12H,1-3H3,(H,22,27)/b20-12-. The molecule has 8 heteroatoms. The van der Waals surface area contributed by atoms with Gasteiger partial charge in [-0.05, 0) is 40.9 Å². The Morgan fingerprint density at radius 3 is 2.33 bits per heavy atom. The second-order valence-corrected chi connectivity index (χ2v) is 7.47. The van der Waals surface area contributed by atoms with Crippen LogP contribution in [0.15, 0.2) is 53.6 Å². The number of hydrogen-bond donors (Lipinski definition) is 1. The molecule has 1 N–H and O–H groups in total. The number of H-pyrrole nitrogens is 1. The minimum absolute atomic E-state index is 0.0340. The lowest BCUT2D eigenvalue weighted by molar-refractivity contribution is -0.384. The Bertz CT molecular complexity index is 1040. The molecule has 3 rings (SSSR count). The Morgan fingerprint density at radius 2 is 1.78 bits per heavy atom. The molecule has 138 valence electrons. The van der Waals surface area contributed by atoms with Gasteiger partial charge in [-0.3, -0.25) is 10.1 Å². The van der Waals surface area contributed by atoms with E-state index >= 15 is 0 Å². The van der Waals surface area contributed by atoms with Crippen molar-refractivity contribution in [3.05, 3.63) is 74.5 Å². The van der Waals surface area contributed by atoms with Crippen molar-refractivity contribution in [2.75, 3.05) is 0 Å². The molecule has 1 heterocycles. The third-order valence-electron chi connectivity index (χ3n) is 4.09. The molecule has 0 aliphatic rings. The molecule has 0 fully saturated rings. The largest absolute Gasteiger partial charge is 0.269 e. The first-order valence-corrected chi connectivity index (χ1v) is 8.74. The Morgan fingerprint density at radius 1 is 1.15 bits per heavy atom. The SMILES string of the molecule is CC(C)(C)c1ccc(-c2n[nH]c(=S)n2/N=C\c2ccc([N+](=O)[O-])cc2)cc1. The van der Waals surface area contributed by atoms with Crippen LogP contribution in [0.1, 0.15) is 31.9 Å². The van der Waals surface area contributed by atoms with Crippen LogP contribution in [0.3, 0.4) is 0 Å². The van der Waals surface area contributed by atoms with E-state index in [1.807, 2.05) is 12.1 Å². The lowest BCUT2D eigenvalue weighted by Gasteiger charge is -2.18. The van der Waals surface area contributed by atoms with Gasteiger partial charge in [0, 0.05) is 17.7 Å². The van der Waals surface area contributed by atoms with E-state index in [1.165, 1.54) is 22.4 Å². The predicted molar refractivity (Wildman–Crippen MR) is 108 cm³/mol. The molecular weight excluding hydrogens is 362 g/mol. The molecular formula is C19H19N5O2S. The maximum absolute atomic E-state index is 10.7. The van der Waals surface area contributed by atoms with Gasteiger partial charge in [-0.2, -0.15) is 14.9 Å². The van der Waals surface area contributed by atoms with Gasteiger partial charge in [0.1, 0.15) is 0 Å². The van der Waals surface area contributed by atoms with E-state index in [1.54, 1.807) is 18.3 Å². The lowest BCUT2D eigenvalue weighted by atomic mass is 9.87. The molecule has 0 aliphatic carbocycles. The fourth-order valence-electron chi connectivity index (χ4n) is 2.51. The van der Waals surface area contributed by atoms with Crippen LogP contribution in [0.2, 0.25) is 0 Å². The Hall–Kier alpha value is -3.13. The highest BCUT2D eigenvalue weighted by Crippen LogP contribution is 2.25. The summed E-state index contributed by atoms with van der Waals surface area (Å²) in [5, 5.41) is 22.1. The third-order valence-corrected chi connectivity index (χ3v) is 4.35. The summed E-state index contributed by atoms with van der Waals surface area (Å²) in [6.07, 6.45) is 1.59. The first-order valence-electron chi connectivity index (χ1n) is 8.33. The van der Waals surface area contributed by atoms with Gasteiger partial charge >= 0.3 is 0 Å². The molecule has 0 aliphatic heterocycles. The van der Waals surface area contributed by atoms with Gasteiger partial charge in [-0.25, -0.2) is 5.10 Å². The van der Waals surface area contributed by atoms with Gasteiger partial charge in [0.05, 0.1) is 11.1 Å². The van der Waals surface area contributed by atoms with Crippen molar-refractivity contribution < 1.29 is 4.92 Å². The maximum atomic E-state index is 10.7. The van der Waals surface area contributed by atoms with Crippen LogP contribution >= 0.6 is 12.2 Å². The number of hydrogen-bond acceptors (Lipinski definition) is 5. The zero-order valence-corrected chi connectivity index (χ0v) is 16.0. The van der Waals surface area contributed by atoms with E-state index in [0.29, 0.717) is 10.6 Å². The van der Waals surface area contributed by atoms with E-state index in [-0.39, 0.29) is 11.1 Å². The summed E-state index contributed by atoms with van der Waals surface area (Å²) in [6, 6.07) is 14.2. The van der Waals surface area contributed by atoms with Crippen molar-refractivity contribution in [3.8, 4) is 11.4 Å². The van der Waals surface area contributed by atoms with Crippen LogP contribution in [0, 0.1) is 14.9 Å². The Balaban J connectivity index is 1.91. The van der Waals surface area contributed by atoms with E-state index in [2.05, 4.69) is 48.2 Å². The summed E-state index contributed by atoms with van der Waals surface area (Å²) in [5.74, 6) is 0.596. The number of nitrogens with one attached hydrogen (secondary N) is 1. The highest BCUT2D eigenvalue weighted by atomic mass is 32.1. The average Bonchev–Trinajstić information content (AvgIpc) is 3.00. The number of aromatic amines is 1. The molecule has 7 nitrogen and oxygen atoms in total. The molecule has 0 spiro atoms. The predicted octanol–water partition coefficient (Wildman–Crippen LogP) is 4.70. The minimum Gasteiger partial charge on any atom is -0.258 e. The van der Waals surface area contributed by atoms with Crippen molar-refractivity contribution >= 4 is 24.1 Å². The molecule has 0 amide bonds. The second kappa shape index (κ2) is 7.24. The molecule has 0 radical (unpaired) electrons. The molecule has 3 aromatic rings. The van der Waals surface area contributed by atoms with Crippen molar-refractivity contribution in [1.82, 2.24) is 14.9 Å². The van der Waals surface area contributed by atoms with Gasteiger partial charge in [-0.1, -0.05) is 45.0 Å². The summed E-state index contributed by atoms with van der Waals surface area (Å²) in [7, 11) is 0. The van der Waals surface area contributed by atoms with Crippen LogP contribution in [0.4, 0.5) is 5.69 Å². The summed E-state index contributed by atoms with van der Waals surface area (Å²) in [4.78, 5) is 10.3. The number of rotatable bonds is 4. The van der Waals surface area contributed by atoms with Crippen LogP contribution < -0.4 is 0 Å². The summed E-state index contributed by atoms with van der Waals surface area (Å²) in [6.45, 7) is 6.48. The van der Waals surface area contributed by atoms with Crippen LogP contribution in [-0.2, 0) is 5.41 Å². The monoisotopic (exact) mass is 381 g/mol. The normalized spacial score (nSPS) is 11.8. The number of nitro groups is 1. The maximum Gasteiger partial charge on any atom is 0.269 e. The summed E-state index contributed by atoms with van der Waals surface area (Å²) in [5.41, 5.74) is 2.93. The van der Waals surface area contributed by atoms with Gasteiger partial charge in [-0.15, -0.1) is 0 Å². The zero-order valence-electron chi connectivity index (χ0n) is 15.2. The van der Waals surface area contributed by atoms with E-state index in [4.69, 9.17) is 12.2 Å². The molecule has 27 heavy (non-hydrogen) atoms. The number of aromatic nitrogens is 3. The van der Waals surface area contributed by atoms with Gasteiger partial charge in [0.2, 0.25) is 4.77 Å². The van der Waals surface area contributed by atoms with Crippen molar-refractivity contribution in [1.29, 1.82) is 0 Å². The second-order valence-electron chi connectivity index (χ2n) is 7.08. The number of nitrogens with zero attached hydrogens (tertiary/aromatic N) is 4. The van der Waals surface area contributed by atoms with E-state index in [9.17, 15) is 10.1 Å². The number of benzene rings is 2. The summed E-state index contributed by atoms with van der Waals surface area (Å²) < 4.78 is 1.89. The first kappa shape index (κ1) is 18.7. The minimum atomic E-state index is -0.438. The topological polar surface area (TPSA) is 89.1 Å². The summed E-state index contributed by atoms with van der Waals surface area (Å²) >= 11 is 5.27. The van der Waals surface area contributed by atoms with Crippen molar-refractivity contribution in [3.63, 3.8) is 0 Å². The first-order chi connectivity index (χ1) is 12.8. The zero-order chi connectivity index (χ0) is 19.6. The Labute approximate surface area is 161 Å². The van der Waals surface area contributed by atoms with Gasteiger partial charge in [0.15, 0.2) is 5.82 Å². The van der Waals surface area contributed by atoms with Crippen molar-refractivity contribution in [2.45, 2.75) is 26.2 Å². The van der Waals surface area contributed by atoms with E-state index < -0.39 is 4.92 Å². The van der Waals surface area contributed by atoms with Crippen LogP contribution in [-0.4, -0.2) is 26.0 Å². The fourth-order valence-corrected chi connectivity index (χ4v) is 2.69. The van der Waals surface area contributed by atoms with Gasteiger partial charge < -0.3 is 0 Å². The fraction of sp³-hybridized carbons (Fsp3) is 0.211. The molecule has 1 aromatic heterocycles. The Kier molecular flexibility index (Phi) is 5.00. The quantitative estimate of drug-likeness (QED) is 0.307. The molecule has 2 aromatic carbocycles. The number of nitro benzene ring substituents is 1. The molecule has 0 bridgehead atoms. The molecule has 0 saturated heterocycles. The van der Waals surface area contributed by atoms with Crippen LogP contribution in [0.25, 0.3) is 11.4 Å². The molecule has 0 atom stereocenters. The average molecular weight is 381 g/mol. The highest BCUT2D eigenvalue weighted by Gasteiger charge is 2.14. The number of non-ortho nitro benzene ring substituents is 1. The highest BCUT2D eigenvalue weighted by molar-refractivity contribution is 7.71. The lowest BCUT2D eigenvalue weighted by Crippen LogP contribution is -2.10. The molecule has 0 unspecified atom stereocenters. The molecule has 0 saturated carbocycles. The van der Waals surface area contributed by atoms with E-state index in [0.717, 1.165) is 11.1 Å². The smallest absolute Gasteiger partial charge is 0.258 e.